The van der Waals surface area contributed by atoms with Gasteiger partial charge in [-0.1, -0.05) is 30.3 Å². The van der Waals surface area contributed by atoms with Crippen LogP contribution in [0.1, 0.15) is 24.3 Å². The van der Waals surface area contributed by atoms with Gasteiger partial charge in [0.2, 0.25) is 5.91 Å². The molecule has 0 spiro atoms. The van der Waals surface area contributed by atoms with Gasteiger partial charge in [0.1, 0.15) is 5.02 Å². The molecule has 0 aliphatic heterocycles. The van der Waals surface area contributed by atoms with E-state index in [9.17, 15) is 14.9 Å². The molecule has 0 saturated carbocycles. The van der Waals surface area contributed by atoms with Gasteiger partial charge in [-0.3, -0.25) is 14.9 Å². The molecular formula is C19H20ClN5O3S2. The molecule has 0 fully saturated rings. The number of nitrogens with one attached hydrogen (secondary N) is 1. The Morgan fingerprint density at radius 1 is 1.37 bits per heavy atom. The normalized spacial score (nSPS) is 10.9. The second kappa shape index (κ2) is 9.59. The van der Waals surface area contributed by atoms with E-state index in [1.54, 1.807) is 11.3 Å². The summed E-state index contributed by atoms with van der Waals surface area (Å²) in [6.07, 6.45) is 0.916. The highest BCUT2D eigenvalue weighted by Gasteiger charge is 2.19. The van der Waals surface area contributed by atoms with E-state index in [-0.39, 0.29) is 22.4 Å². The zero-order chi connectivity index (χ0) is 21.8. The number of benzene rings is 1. The predicted octanol–water partition coefficient (Wildman–Crippen LogP) is 5.19. The summed E-state index contributed by atoms with van der Waals surface area (Å²) in [5.41, 5.74) is 2.41. The third-order valence-electron chi connectivity index (χ3n) is 4.49. The Morgan fingerprint density at radius 2 is 2.13 bits per heavy atom. The van der Waals surface area contributed by atoms with Crippen LogP contribution in [0.15, 0.2) is 28.7 Å². The van der Waals surface area contributed by atoms with Crippen molar-refractivity contribution in [2.45, 2.75) is 38.9 Å². The van der Waals surface area contributed by atoms with Crippen LogP contribution in [0.4, 0.5) is 11.4 Å². The number of nitro groups is 1. The van der Waals surface area contributed by atoms with Gasteiger partial charge in [0.05, 0.1) is 10.7 Å². The van der Waals surface area contributed by atoms with Crippen molar-refractivity contribution in [3.63, 3.8) is 0 Å². The fraction of sp³-hybridized carbons (Fsp3) is 0.316. The monoisotopic (exact) mass is 465 g/mol. The van der Waals surface area contributed by atoms with Gasteiger partial charge in [0.25, 0.3) is 5.69 Å². The number of amides is 1. The van der Waals surface area contributed by atoms with Gasteiger partial charge < -0.3 is 9.88 Å². The summed E-state index contributed by atoms with van der Waals surface area (Å²) in [6, 6.07) is 4.15. The van der Waals surface area contributed by atoms with Crippen LogP contribution in [-0.4, -0.2) is 31.3 Å². The number of rotatable bonds is 8. The molecule has 1 aromatic carbocycles. The van der Waals surface area contributed by atoms with Crippen molar-refractivity contribution < 1.29 is 9.72 Å². The fourth-order valence-electron chi connectivity index (χ4n) is 3.04. The van der Waals surface area contributed by atoms with E-state index >= 15 is 0 Å². The summed E-state index contributed by atoms with van der Waals surface area (Å²) in [7, 11) is 0. The minimum absolute atomic E-state index is 0.0195. The first kappa shape index (κ1) is 22.3. The van der Waals surface area contributed by atoms with Crippen LogP contribution >= 0.6 is 34.7 Å². The predicted molar refractivity (Wildman–Crippen MR) is 121 cm³/mol. The van der Waals surface area contributed by atoms with Crippen molar-refractivity contribution in [2.75, 3.05) is 11.1 Å². The zero-order valence-corrected chi connectivity index (χ0v) is 19.0. The van der Waals surface area contributed by atoms with Crippen LogP contribution in [0.3, 0.4) is 0 Å². The number of aryl methyl sites for hydroxylation is 1. The van der Waals surface area contributed by atoms with Gasteiger partial charge in [0.15, 0.2) is 11.0 Å². The quantitative estimate of drug-likeness (QED) is 0.279. The second-order valence-corrected chi connectivity index (χ2v) is 8.78. The molecule has 2 heterocycles. The molecule has 2 aromatic heterocycles. The molecule has 1 N–H and O–H groups in total. The van der Waals surface area contributed by atoms with Crippen molar-refractivity contribution in [3.05, 3.63) is 49.2 Å². The Bertz CT molecular complexity index is 1100. The summed E-state index contributed by atoms with van der Waals surface area (Å²) in [5, 5.41) is 25.0. The van der Waals surface area contributed by atoms with E-state index in [1.807, 2.05) is 11.5 Å². The van der Waals surface area contributed by atoms with E-state index in [1.165, 1.54) is 40.4 Å². The summed E-state index contributed by atoms with van der Waals surface area (Å²) >= 11 is 8.76. The lowest BCUT2D eigenvalue weighted by Gasteiger charge is -2.08. The molecule has 11 heteroatoms. The largest absolute Gasteiger partial charge is 0.325 e. The molecule has 30 heavy (non-hydrogen) atoms. The smallest absolute Gasteiger partial charge is 0.289 e. The Morgan fingerprint density at radius 3 is 2.80 bits per heavy atom. The molecular weight excluding hydrogens is 446 g/mol. The van der Waals surface area contributed by atoms with E-state index in [0.29, 0.717) is 17.4 Å². The Kier molecular flexibility index (Phi) is 7.11. The molecule has 8 nitrogen and oxygen atoms in total. The van der Waals surface area contributed by atoms with Crippen LogP contribution in [0.2, 0.25) is 5.02 Å². The van der Waals surface area contributed by atoms with E-state index in [2.05, 4.69) is 34.7 Å². The lowest BCUT2D eigenvalue weighted by Crippen LogP contribution is -2.14. The van der Waals surface area contributed by atoms with Crippen LogP contribution in [-0.2, 0) is 17.8 Å². The maximum absolute atomic E-state index is 12.3. The van der Waals surface area contributed by atoms with Crippen LogP contribution in [0.5, 0.6) is 0 Å². The number of halogens is 1. The summed E-state index contributed by atoms with van der Waals surface area (Å²) in [4.78, 5) is 24.0. The number of nitro benzene ring substituents is 1. The molecule has 0 saturated heterocycles. The molecule has 3 rings (SSSR count). The Balaban J connectivity index is 1.72. The Hall–Kier alpha value is -2.43. The molecule has 0 unspecified atom stereocenters. The maximum atomic E-state index is 12.3. The minimum Gasteiger partial charge on any atom is -0.325 e. The average molecular weight is 466 g/mol. The van der Waals surface area contributed by atoms with Crippen LogP contribution < -0.4 is 5.32 Å². The lowest BCUT2D eigenvalue weighted by atomic mass is 10.1. The molecule has 0 aliphatic carbocycles. The molecule has 0 aliphatic rings. The number of thiophene rings is 1. The number of carbonyl (C=O) groups is 1. The highest BCUT2D eigenvalue weighted by Crippen LogP contribution is 2.33. The third kappa shape index (κ3) is 4.66. The first-order valence-corrected chi connectivity index (χ1v) is 11.5. The van der Waals surface area contributed by atoms with Crippen LogP contribution in [0.25, 0.3) is 11.4 Å². The van der Waals surface area contributed by atoms with Crippen molar-refractivity contribution in [2.24, 2.45) is 0 Å². The van der Waals surface area contributed by atoms with Crippen molar-refractivity contribution in [1.82, 2.24) is 14.8 Å². The number of hydrogen-bond acceptors (Lipinski definition) is 7. The topological polar surface area (TPSA) is 103 Å². The molecule has 0 radical (unpaired) electrons. The second-order valence-electron chi connectivity index (χ2n) is 6.35. The first-order chi connectivity index (χ1) is 14.3. The van der Waals surface area contributed by atoms with Gasteiger partial charge in [-0.25, -0.2) is 0 Å². The van der Waals surface area contributed by atoms with Crippen molar-refractivity contribution >= 4 is 52.0 Å². The number of thioether (sulfide) groups is 1. The van der Waals surface area contributed by atoms with Gasteiger partial charge in [-0.05, 0) is 38.0 Å². The number of carbonyl (C=O) groups excluding carboxylic acids is 1. The first-order valence-electron chi connectivity index (χ1n) is 9.22. The zero-order valence-electron chi connectivity index (χ0n) is 16.6. The number of anilines is 1. The number of hydrogen-bond donors (Lipinski definition) is 1. The molecule has 1 amide bonds. The van der Waals surface area contributed by atoms with E-state index < -0.39 is 4.92 Å². The standard InChI is InChI=1S/C19H20ClN5O3S2/c1-4-13-11(3)29-9-14(13)18-22-23-19(24(18)5-2)30-10-17(26)21-12-6-7-15(20)16(8-12)25(27)28/h6-9H,4-5,10H2,1-3H3,(H,21,26). The molecule has 3 aromatic rings. The SMILES string of the molecule is CCc1c(-c2nnc(SCC(=O)Nc3ccc(Cl)c([N+](=O)[O-])c3)n2CC)csc1C. The van der Waals surface area contributed by atoms with Gasteiger partial charge in [0, 0.05) is 34.1 Å². The average Bonchev–Trinajstić information content (AvgIpc) is 3.29. The summed E-state index contributed by atoms with van der Waals surface area (Å²) in [5.74, 6) is 0.595. The highest BCUT2D eigenvalue weighted by atomic mass is 35.5. The maximum Gasteiger partial charge on any atom is 0.289 e. The molecule has 0 bridgehead atoms. The number of nitrogens with zero attached hydrogens (tertiary/aromatic N) is 4. The van der Waals surface area contributed by atoms with Crippen LogP contribution in [0, 0.1) is 17.0 Å². The van der Waals surface area contributed by atoms with Gasteiger partial charge >= 0.3 is 0 Å². The van der Waals surface area contributed by atoms with Gasteiger partial charge in [-0.15, -0.1) is 21.5 Å². The van der Waals surface area contributed by atoms with Gasteiger partial charge in [-0.2, -0.15) is 0 Å². The lowest BCUT2D eigenvalue weighted by molar-refractivity contribution is -0.384. The van der Waals surface area contributed by atoms with Crippen molar-refractivity contribution in [3.8, 4) is 11.4 Å². The molecule has 0 atom stereocenters. The van der Waals surface area contributed by atoms with Crippen molar-refractivity contribution in [1.29, 1.82) is 0 Å². The summed E-state index contributed by atoms with van der Waals surface area (Å²) < 4.78 is 1.99. The fourth-order valence-corrected chi connectivity index (χ4v) is 4.97. The third-order valence-corrected chi connectivity index (χ3v) is 6.73. The minimum atomic E-state index is -0.589. The van der Waals surface area contributed by atoms with E-state index in [4.69, 9.17) is 11.6 Å². The highest BCUT2D eigenvalue weighted by molar-refractivity contribution is 7.99. The molecule has 158 valence electrons. The Labute approximate surface area is 186 Å². The van der Waals surface area contributed by atoms with E-state index in [0.717, 1.165) is 17.8 Å². The summed E-state index contributed by atoms with van der Waals surface area (Å²) in [6.45, 7) is 6.90. The number of aromatic nitrogens is 3.